The number of hydrogen-bond acceptors (Lipinski definition) is 5. The van der Waals surface area contributed by atoms with Gasteiger partial charge < -0.3 is 14.8 Å². The van der Waals surface area contributed by atoms with E-state index >= 15 is 0 Å². The van der Waals surface area contributed by atoms with Crippen LogP contribution in [-0.2, 0) is 19.6 Å². The summed E-state index contributed by atoms with van der Waals surface area (Å²) in [5.41, 5.74) is 0. The number of carbonyl (C=O) groups is 1. The topological polar surface area (TPSA) is 84.9 Å². The maximum absolute atomic E-state index is 12.9. The molecule has 1 aliphatic heterocycles. The zero-order valence-corrected chi connectivity index (χ0v) is 16.6. The van der Waals surface area contributed by atoms with Crippen molar-refractivity contribution in [3.63, 3.8) is 0 Å². The van der Waals surface area contributed by atoms with Gasteiger partial charge in [-0.3, -0.25) is 4.79 Å². The molecule has 146 valence electrons. The van der Waals surface area contributed by atoms with Crippen molar-refractivity contribution in [1.29, 1.82) is 0 Å². The quantitative estimate of drug-likeness (QED) is 0.669. The molecule has 0 unspecified atom stereocenters. The molecular weight excluding hydrogens is 380 g/mol. The highest BCUT2D eigenvalue weighted by Gasteiger charge is 2.33. The molecule has 0 spiro atoms. The van der Waals surface area contributed by atoms with Crippen molar-refractivity contribution in [3.8, 4) is 5.75 Å². The molecule has 0 radical (unpaired) electrons. The Morgan fingerprint density at radius 1 is 1.31 bits per heavy atom. The van der Waals surface area contributed by atoms with Gasteiger partial charge in [0.2, 0.25) is 15.9 Å². The van der Waals surface area contributed by atoms with Crippen molar-refractivity contribution in [1.82, 2.24) is 9.62 Å². The van der Waals surface area contributed by atoms with Gasteiger partial charge in [-0.25, -0.2) is 8.42 Å². The summed E-state index contributed by atoms with van der Waals surface area (Å²) in [4.78, 5) is 12.2. The molecule has 7 nitrogen and oxygen atoms in total. The standard InChI is InChI=1S/C17H25ClN2O5S/c1-24-11-3-8-19-17(21)13-6-9-20(10-7-13)26(22,23)16-12-14(18)4-5-15(16)25-2/h4-5,12-13H,3,6-11H2,1-2H3,(H,19,21). The van der Waals surface area contributed by atoms with Crippen molar-refractivity contribution in [2.45, 2.75) is 24.2 Å². The van der Waals surface area contributed by atoms with E-state index in [9.17, 15) is 13.2 Å². The number of hydrogen-bond donors (Lipinski definition) is 1. The predicted molar refractivity (Wildman–Crippen MR) is 99.0 cm³/mol. The number of sulfonamides is 1. The van der Waals surface area contributed by atoms with Crippen LogP contribution >= 0.6 is 11.6 Å². The summed E-state index contributed by atoms with van der Waals surface area (Å²) in [6.07, 6.45) is 1.72. The Bertz CT molecular complexity index is 718. The van der Waals surface area contributed by atoms with Crippen LogP contribution in [0.4, 0.5) is 0 Å². The average molecular weight is 405 g/mol. The van der Waals surface area contributed by atoms with E-state index in [0.29, 0.717) is 31.0 Å². The van der Waals surface area contributed by atoms with Gasteiger partial charge in [-0.15, -0.1) is 0 Å². The van der Waals surface area contributed by atoms with E-state index in [-0.39, 0.29) is 35.6 Å². The molecule has 26 heavy (non-hydrogen) atoms. The number of nitrogens with zero attached hydrogens (tertiary/aromatic N) is 1. The van der Waals surface area contributed by atoms with Crippen molar-refractivity contribution in [2.24, 2.45) is 5.92 Å². The van der Waals surface area contributed by atoms with Crippen molar-refractivity contribution >= 4 is 27.5 Å². The van der Waals surface area contributed by atoms with Gasteiger partial charge in [-0.2, -0.15) is 4.31 Å². The Morgan fingerprint density at radius 2 is 2.00 bits per heavy atom. The molecule has 1 aromatic rings. The highest BCUT2D eigenvalue weighted by Crippen LogP contribution is 2.31. The van der Waals surface area contributed by atoms with Crippen LogP contribution in [0, 0.1) is 5.92 Å². The molecule has 0 atom stereocenters. The minimum absolute atomic E-state index is 0.0292. The van der Waals surface area contributed by atoms with Crippen LogP contribution in [0.15, 0.2) is 23.1 Å². The first kappa shape index (κ1) is 21.0. The lowest BCUT2D eigenvalue weighted by molar-refractivity contribution is -0.126. The number of methoxy groups -OCH3 is 2. The van der Waals surface area contributed by atoms with Crippen molar-refractivity contribution < 1.29 is 22.7 Å². The number of carbonyl (C=O) groups excluding carboxylic acids is 1. The van der Waals surface area contributed by atoms with Gasteiger partial charge in [0.25, 0.3) is 0 Å². The predicted octanol–water partition coefficient (Wildman–Crippen LogP) is 1.90. The molecule has 1 aromatic carbocycles. The Labute approximate surface area is 159 Å². The monoisotopic (exact) mass is 404 g/mol. The third-order valence-corrected chi connectivity index (χ3v) is 6.55. The molecule has 0 saturated carbocycles. The van der Waals surface area contributed by atoms with Gasteiger partial charge in [0, 0.05) is 44.3 Å². The van der Waals surface area contributed by atoms with Crippen LogP contribution in [0.5, 0.6) is 5.75 Å². The Hall–Kier alpha value is -1.35. The van der Waals surface area contributed by atoms with E-state index in [1.165, 1.54) is 23.5 Å². The van der Waals surface area contributed by atoms with E-state index in [1.54, 1.807) is 13.2 Å². The smallest absolute Gasteiger partial charge is 0.246 e. The van der Waals surface area contributed by atoms with E-state index in [0.717, 1.165) is 6.42 Å². The zero-order valence-electron chi connectivity index (χ0n) is 15.0. The summed E-state index contributed by atoms with van der Waals surface area (Å²) in [6, 6.07) is 4.51. The lowest BCUT2D eigenvalue weighted by Crippen LogP contribution is -2.43. The molecule has 9 heteroatoms. The summed E-state index contributed by atoms with van der Waals surface area (Å²) < 4.78 is 37.3. The summed E-state index contributed by atoms with van der Waals surface area (Å²) in [5.74, 6) is 0.0520. The normalized spacial score (nSPS) is 16.4. The highest BCUT2D eigenvalue weighted by atomic mass is 35.5. The van der Waals surface area contributed by atoms with Crippen LogP contribution in [0.25, 0.3) is 0 Å². The van der Waals surface area contributed by atoms with E-state index < -0.39 is 10.0 Å². The maximum atomic E-state index is 12.9. The van der Waals surface area contributed by atoms with E-state index in [1.807, 2.05) is 0 Å². The first-order valence-electron chi connectivity index (χ1n) is 8.50. The fraction of sp³-hybridized carbons (Fsp3) is 0.588. The minimum atomic E-state index is -3.73. The second-order valence-electron chi connectivity index (χ2n) is 6.11. The van der Waals surface area contributed by atoms with E-state index in [2.05, 4.69) is 5.32 Å². The summed E-state index contributed by atoms with van der Waals surface area (Å²) in [7, 11) is -0.688. The molecule has 1 heterocycles. The number of benzene rings is 1. The lowest BCUT2D eigenvalue weighted by atomic mass is 9.97. The van der Waals surface area contributed by atoms with Gasteiger partial charge in [0.05, 0.1) is 7.11 Å². The summed E-state index contributed by atoms with van der Waals surface area (Å²) in [5, 5.41) is 3.20. The largest absolute Gasteiger partial charge is 0.495 e. The van der Waals surface area contributed by atoms with Gasteiger partial charge in [0.1, 0.15) is 10.6 Å². The molecule has 0 aliphatic carbocycles. The first-order chi connectivity index (χ1) is 12.4. The van der Waals surface area contributed by atoms with Crippen LogP contribution in [-0.4, -0.2) is 59.1 Å². The fourth-order valence-electron chi connectivity index (χ4n) is 2.92. The molecule has 0 aromatic heterocycles. The van der Waals surface area contributed by atoms with Gasteiger partial charge in [0.15, 0.2) is 0 Å². The molecular formula is C17H25ClN2O5S. The summed E-state index contributed by atoms with van der Waals surface area (Å²) in [6.45, 7) is 1.73. The lowest BCUT2D eigenvalue weighted by Gasteiger charge is -2.31. The van der Waals surface area contributed by atoms with Gasteiger partial charge in [-0.1, -0.05) is 11.6 Å². The molecule has 1 N–H and O–H groups in total. The SMILES string of the molecule is COCCCNC(=O)C1CCN(S(=O)(=O)c2cc(Cl)ccc2OC)CC1. The number of amides is 1. The highest BCUT2D eigenvalue weighted by molar-refractivity contribution is 7.89. The van der Waals surface area contributed by atoms with E-state index in [4.69, 9.17) is 21.1 Å². The van der Waals surface area contributed by atoms with Crippen LogP contribution < -0.4 is 10.1 Å². The maximum Gasteiger partial charge on any atom is 0.246 e. The fourth-order valence-corrected chi connectivity index (χ4v) is 4.81. The third-order valence-electron chi connectivity index (χ3n) is 4.39. The Morgan fingerprint density at radius 3 is 2.62 bits per heavy atom. The molecule has 1 saturated heterocycles. The summed E-state index contributed by atoms with van der Waals surface area (Å²) >= 11 is 5.95. The number of nitrogens with one attached hydrogen (secondary N) is 1. The third kappa shape index (κ3) is 5.09. The second-order valence-corrected chi connectivity index (χ2v) is 8.45. The number of rotatable bonds is 8. The number of halogens is 1. The average Bonchev–Trinajstić information content (AvgIpc) is 2.65. The Kier molecular flexibility index (Phi) is 7.69. The van der Waals surface area contributed by atoms with Crippen LogP contribution in [0.1, 0.15) is 19.3 Å². The molecule has 1 amide bonds. The molecule has 2 rings (SSSR count). The molecule has 0 bridgehead atoms. The minimum Gasteiger partial charge on any atom is -0.495 e. The van der Waals surface area contributed by atoms with Crippen molar-refractivity contribution in [2.75, 3.05) is 40.5 Å². The van der Waals surface area contributed by atoms with Crippen LogP contribution in [0.2, 0.25) is 5.02 Å². The van der Waals surface area contributed by atoms with Gasteiger partial charge >= 0.3 is 0 Å². The zero-order chi connectivity index (χ0) is 19.2. The second kappa shape index (κ2) is 9.55. The van der Waals surface area contributed by atoms with Crippen LogP contribution in [0.3, 0.4) is 0 Å². The van der Waals surface area contributed by atoms with Crippen molar-refractivity contribution in [3.05, 3.63) is 23.2 Å². The number of ether oxygens (including phenoxy) is 2. The Balaban J connectivity index is 1.98. The molecule has 1 fully saturated rings. The van der Waals surface area contributed by atoms with Gasteiger partial charge in [-0.05, 0) is 37.5 Å². The molecule has 1 aliphatic rings. The first-order valence-corrected chi connectivity index (χ1v) is 10.3. The number of piperidine rings is 1.